The minimum absolute atomic E-state index is 0.0927. The molecule has 1 atom stereocenters. The van der Waals surface area contributed by atoms with Crippen LogP contribution in [0.2, 0.25) is 0 Å². The smallest absolute Gasteiger partial charge is 0.243 e. The van der Waals surface area contributed by atoms with Gasteiger partial charge < -0.3 is 10.5 Å². The Hall–Kier alpha value is -1.18. The van der Waals surface area contributed by atoms with E-state index in [1.54, 1.807) is 7.11 Å². The lowest BCUT2D eigenvalue weighted by Crippen LogP contribution is -2.49. The monoisotopic (exact) mass is 302 g/mol. The maximum atomic E-state index is 13.4. The van der Waals surface area contributed by atoms with Gasteiger partial charge in [0.25, 0.3) is 0 Å². The highest BCUT2D eigenvalue weighted by Gasteiger charge is 2.37. The molecule has 20 heavy (non-hydrogen) atoms. The zero-order valence-corrected chi connectivity index (χ0v) is 12.4. The first-order valence-electron chi connectivity index (χ1n) is 6.38. The molecule has 0 bridgehead atoms. The fourth-order valence-corrected chi connectivity index (χ4v) is 4.07. The van der Waals surface area contributed by atoms with Crippen molar-refractivity contribution >= 4 is 15.7 Å². The number of rotatable bonds is 3. The van der Waals surface area contributed by atoms with E-state index >= 15 is 0 Å². The van der Waals surface area contributed by atoms with Gasteiger partial charge in [-0.15, -0.1) is 0 Å². The zero-order valence-electron chi connectivity index (χ0n) is 11.6. The van der Waals surface area contributed by atoms with Gasteiger partial charge in [-0.25, -0.2) is 12.8 Å². The van der Waals surface area contributed by atoms with Gasteiger partial charge in [-0.05, 0) is 38.0 Å². The van der Waals surface area contributed by atoms with Gasteiger partial charge in [-0.3, -0.25) is 0 Å². The molecule has 1 heterocycles. The number of piperidine rings is 1. The van der Waals surface area contributed by atoms with E-state index in [2.05, 4.69) is 0 Å². The highest BCUT2D eigenvalue weighted by molar-refractivity contribution is 7.89. The molecule has 0 amide bonds. The number of methoxy groups -OCH3 is 1. The fourth-order valence-electron chi connectivity index (χ4n) is 2.41. The van der Waals surface area contributed by atoms with E-state index < -0.39 is 21.4 Å². The average molecular weight is 302 g/mol. The number of anilines is 1. The van der Waals surface area contributed by atoms with E-state index in [4.69, 9.17) is 10.5 Å². The number of nitrogens with two attached hydrogens (primary N) is 1. The molecule has 5 nitrogen and oxygen atoms in total. The maximum absolute atomic E-state index is 13.4. The van der Waals surface area contributed by atoms with Crippen molar-refractivity contribution in [3.63, 3.8) is 0 Å². The molecule has 2 rings (SSSR count). The van der Waals surface area contributed by atoms with Crippen LogP contribution in [0, 0.1) is 5.82 Å². The third-order valence-corrected chi connectivity index (χ3v) is 5.47. The summed E-state index contributed by atoms with van der Waals surface area (Å²) in [5.41, 5.74) is 5.10. The molecule has 1 aliphatic heterocycles. The van der Waals surface area contributed by atoms with Crippen molar-refractivity contribution in [2.45, 2.75) is 30.3 Å². The highest BCUT2D eigenvalue weighted by atomic mass is 32.2. The second kappa shape index (κ2) is 5.31. The van der Waals surface area contributed by atoms with Gasteiger partial charge in [0.1, 0.15) is 5.82 Å². The van der Waals surface area contributed by atoms with E-state index in [1.807, 2.05) is 6.92 Å². The molecule has 0 saturated carbocycles. The molecular weight excluding hydrogens is 283 g/mol. The molecule has 0 spiro atoms. The third-order valence-electron chi connectivity index (χ3n) is 3.65. The number of nitrogens with zero attached hydrogens (tertiary/aromatic N) is 1. The van der Waals surface area contributed by atoms with Crippen molar-refractivity contribution in [2.75, 3.05) is 25.9 Å². The lowest BCUT2D eigenvalue weighted by molar-refractivity contribution is -0.0319. The number of halogens is 1. The van der Waals surface area contributed by atoms with Crippen LogP contribution in [0.25, 0.3) is 0 Å². The second-order valence-electron chi connectivity index (χ2n) is 5.32. The number of ether oxygens (including phenoxy) is 1. The van der Waals surface area contributed by atoms with Gasteiger partial charge in [0, 0.05) is 25.9 Å². The molecular formula is C13H19FN2O3S. The first-order valence-corrected chi connectivity index (χ1v) is 7.82. The van der Waals surface area contributed by atoms with Crippen molar-refractivity contribution < 1.29 is 17.5 Å². The molecule has 1 aromatic rings. The second-order valence-corrected chi connectivity index (χ2v) is 7.25. The summed E-state index contributed by atoms with van der Waals surface area (Å²) < 4.78 is 45.2. The Labute approximate surface area is 118 Å². The van der Waals surface area contributed by atoms with Gasteiger partial charge in [0.15, 0.2) is 0 Å². The van der Waals surface area contributed by atoms with Crippen molar-refractivity contribution in [2.24, 2.45) is 0 Å². The predicted octanol–water partition coefficient (Wildman–Crippen LogP) is 1.60. The fraction of sp³-hybridized carbons (Fsp3) is 0.538. The standard InChI is InChI=1S/C13H19FN2O3S/c1-13(19-2)4-3-5-16(9-13)20(17,18)12-7-10(14)6-11(15)8-12/h6-8H,3-5,9,15H2,1-2H3. The minimum Gasteiger partial charge on any atom is -0.399 e. The van der Waals surface area contributed by atoms with Crippen LogP contribution in [-0.4, -0.2) is 38.5 Å². The van der Waals surface area contributed by atoms with Crippen molar-refractivity contribution in [1.82, 2.24) is 4.31 Å². The lowest BCUT2D eigenvalue weighted by Gasteiger charge is -2.38. The van der Waals surface area contributed by atoms with E-state index in [1.165, 1.54) is 10.4 Å². The number of sulfonamides is 1. The largest absolute Gasteiger partial charge is 0.399 e. The SMILES string of the molecule is COC1(C)CCCN(S(=O)(=O)c2cc(N)cc(F)c2)C1. The van der Waals surface area contributed by atoms with Crippen LogP contribution < -0.4 is 5.73 Å². The molecule has 1 unspecified atom stereocenters. The predicted molar refractivity (Wildman–Crippen MR) is 74.2 cm³/mol. The highest BCUT2D eigenvalue weighted by Crippen LogP contribution is 2.29. The Morgan fingerprint density at radius 3 is 2.70 bits per heavy atom. The summed E-state index contributed by atoms with van der Waals surface area (Å²) in [6.07, 6.45) is 1.50. The van der Waals surface area contributed by atoms with Crippen LogP contribution in [-0.2, 0) is 14.8 Å². The molecule has 112 valence electrons. The Bertz CT molecular complexity index is 585. The van der Waals surface area contributed by atoms with Gasteiger partial charge >= 0.3 is 0 Å². The number of nitrogen functional groups attached to an aromatic ring is 1. The summed E-state index contributed by atoms with van der Waals surface area (Å²) in [5, 5.41) is 0. The Morgan fingerprint density at radius 1 is 1.40 bits per heavy atom. The summed E-state index contributed by atoms with van der Waals surface area (Å²) in [5.74, 6) is -0.657. The van der Waals surface area contributed by atoms with Gasteiger partial charge in [0.05, 0.1) is 10.5 Å². The average Bonchev–Trinajstić information content (AvgIpc) is 2.37. The van der Waals surface area contributed by atoms with Crippen LogP contribution in [0.1, 0.15) is 19.8 Å². The molecule has 7 heteroatoms. The van der Waals surface area contributed by atoms with Crippen molar-refractivity contribution in [1.29, 1.82) is 0 Å². The molecule has 1 aliphatic rings. The number of benzene rings is 1. The first-order chi connectivity index (χ1) is 9.27. The Balaban J connectivity index is 2.35. The molecule has 0 aromatic heterocycles. The topological polar surface area (TPSA) is 72.6 Å². The molecule has 1 fully saturated rings. The van der Waals surface area contributed by atoms with Gasteiger partial charge in [-0.2, -0.15) is 4.31 Å². The third kappa shape index (κ3) is 2.94. The molecule has 1 aromatic carbocycles. The van der Waals surface area contributed by atoms with E-state index in [-0.39, 0.29) is 17.1 Å². The summed E-state index contributed by atoms with van der Waals surface area (Å²) in [6, 6.07) is 3.36. The van der Waals surface area contributed by atoms with Gasteiger partial charge in [0.2, 0.25) is 10.0 Å². The minimum atomic E-state index is -3.75. The Morgan fingerprint density at radius 2 is 2.10 bits per heavy atom. The Kier molecular flexibility index (Phi) is 4.04. The molecule has 2 N–H and O–H groups in total. The van der Waals surface area contributed by atoms with E-state index in [0.717, 1.165) is 18.6 Å². The lowest BCUT2D eigenvalue weighted by atomic mass is 9.96. The van der Waals surface area contributed by atoms with Crippen LogP contribution in [0.3, 0.4) is 0 Å². The van der Waals surface area contributed by atoms with Crippen molar-refractivity contribution in [3.8, 4) is 0 Å². The van der Waals surface area contributed by atoms with Gasteiger partial charge in [-0.1, -0.05) is 0 Å². The quantitative estimate of drug-likeness (QED) is 0.861. The maximum Gasteiger partial charge on any atom is 0.243 e. The van der Waals surface area contributed by atoms with Crippen LogP contribution in [0.5, 0.6) is 0 Å². The molecule has 0 radical (unpaired) electrons. The van der Waals surface area contributed by atoms with Crippen LogP contribution in [0.15, 0.2) is 23.1 Å². The van der Waals surface area contributed by atoms with E-state index in [0.29, 0.717) is 13.0 Å². The summed E-state index contributed by atoms with van der Waals surface area (Å²) >= 11 is 0. The summed E-state index contributed by atoms with van der Waals surface area (Å²) in [4.78, 5) is -0.115. The zero-order chi connectivity index (χ0) is 15.0. The van der Waals surface area contributed by atoms with Crippen LogP contribution >= 0.6 is 0 Å². The molecule has 1 saturated heterocycles. The summed E-state index contributed by atoms with van der Waals surface area (Å²) in [7, 11) is -2.19. The number of hydrogen-bond acceptors (Lipinski definition) is 4. The number of hydrogen-bond donors (Lipinski definition) is 1. The van der Waals surface area contributed by atoms with E-state index in [9.17, 15) is 12.8 Å². The normalized spacial score (nSPS) is 24.8. The van der Waals surface area contributed by atoms with Crippen molar-refractivity contribution in [3.05, 3.63) is 24.0 Å². The van der Waals surface area contributed by atoms with Crippen LogP contribution in [0.4, 0.5) is 10.1 Å². The first kappa shape index (κ1) is 15.2. The summed E-state index contributed by atoms with van der Waals surface area (Å²) in [6.45, 7) is 2.52. The molecule has 0 aliphatic carbocycles.